The third-order valence-electron chi connectivity index (χ3n) is 3.74. The van der Waals surface area contributed by atoms with Gasteiger partial charge in [-0.3, -0.25) is 0 Å². The highest BCUT2D eigenvalue weighted by Crippen LogP contribution is 2.28. The van der Waals surface area contributed by atoms with Crippen molar-refractivity contribution in [1.82, 2.24) is 10.3 Å². The van der Waals surface area contributed by atoms with Crippen LogP contribution in [-0.4, -0.2) is 25.1 Å². The molecule has 0 fully saturated rings. The zero-order valence-corrected chi connectivity index (χ0v) is 12.6. The molecule has 0 saturated carbocycles. The van der Waals surface area contributed by atoms with E-state index < -0.39 is 0 Å². The third-order valence-corrected chi connectivity index (χ3v) is 3.74. The number of rotatable bonds is 3. The first-order valence-corrected chi connectivity index (χ1v) is 7.18. The fraction of sp³-hybridized carbons (Fsp3) is 0.167. The number of nitrogens with one attached hydrogen (secondary N) is 2. The van der Waals surface area contributed by atoms with E-state index in [0.29, 0.717) is 5.56 Å². The predicted octanol–water partition coefficient (Wildman–Crippen LogP) is 3.40. The lowest BCUT2D eigenvalue weighted by molar-refractivity contribution is 0.0603. The minimum atomic E-state index is -0.316. The number of esters is 1. The van der Waals surface area contributed by atoms with Gasteiger partial charge in [-0.2, -0.15) is 0 Å². The lowest BCUT2D eigenvalue weighted by Crippen LogP contribution is -2.00. The van der Waals surface area contributed by atoms with Crippen molar-refractivity contribution in [2.24, 2.45) is 0 Å². The fourth-order valence-corrected chi connectivity index (χ4v) is 2.65. The molecule has 0 atom stereocenters. The summed E-state index contributed by atoms with van der Waals surface area (Å²) in [7, 11) is 3.29. The molecular formula is C18H18N2O2. The average molecular weight is 294 g/mol. The van der Waals surface area contributed by atoms with Crippen LogP contribution in [0.25, 0.3) is 16.5 Å². The average Bonchev–Trinajstić information content (AvgIpc) is 2.99. The number of hydrogen-bond acceptors (Lipinski definition) is 3. The molecule has 0 spiro atoms. The van der Waals surface area contributed by atoms with E-state index in [2.05, 4.69) is 28.5 Å². The van der Waals surface area contributed by atoms with E-state index in [-0.39, 0.29) is 5.97 Å². The molecule has 1 aliphatic carbocycles. The Morgan fingerprint density at radius 2 is 2.23 bits per heavy atom. The molecule has 1 aromatic carbocycles. The highest BCUT2D eigenvalue weighted by Gasteiger charge is 2.14. The third kappa shape index (κ3) is 2.55. The number of methoxy groups -OCH3 is 1. The minimum Gasteiger partial charge on any atom is -0.465 e. The van der Waals surface area contributed by atoms with Crippen molar-refractivity contribution in [2.75, 3.05) is 14.2 Å². The van der Waals surface area contributed by atoms with Gasteiger partial charge in [0.1, 0.15) is 0 Å². The largest absolute Gasteiger partial charge is 0.465 e. The predicted molar refractivity (Wildman–Crippen MR) is 88.5 cm³/mol. The molecule has 3 rings (SSSR count). The van der Waals surface area contributed by atoms with E-state index in [4.69, 9.17) is 4.74 Å². The van der Waals surface area contributed by atoms with Crippen molar-refractivity contribution in [1.29, 1.82) is 0 Å². The van der Waals surface area contributed by atoms with Crippen molar-refractivity contribution in [3.8, 4) is 0 Å². The Labute approximate surface area is 129 Å². The summed E-state index contributed by atoms with van der Waals surface area (Å²) >= 11 is 0. The molecule has 0 unspecified atom stereocenters. The van der Waals surface area contributed by atoms with E-state index in [0.717, 1.165) is 28.6 Å². The second kappa shape index (κ2) is 5.93. The first kappa shape index (κ1) is 14.2. The standard InChI is InChI=1S/C18H18N2O2/c1-19-11-12-6-8-13(9-7-12)17-10-15-14(18(21)22-2)4-3-5-16(15)20-17/h3-6,8-11,19-20H,7H2,1-2H3. The highest BCUT2D eigenvalue weighted by molar-refractivity contribution is 6.05. The first-order valence-electron chi connectivity index (χ1n) is 7.18. The van der Waals surface area contributed by atoms with Crippen molar-refractivity contribution in [3.63, 3.8) is 0 Å². The molecule has 112 valence electrons. The molecule has 4 nitrogen and oxygen atoms in total. The lowest BCUT2D eigenvalue weighted by Gasteiger charge is -2.07. The molecule has 0 saturated heterocycles. The van der Waals surface area contributed by atoms with Gasteiger partial charge in [-0.05, 0) is 42.0 Å². The monoisotopic (exact) mass is 294 g/mol. The van der Waals surface area contributed by atoms with Gasteiger partial charge in [-0.15, -0.1) is 0 Å². The zero-order valence-electron chi connectivity index (χ0n) is 12.6. The lowest BCUT2D eigenvalue weighted by atomic mass is 10.0. The SMILES string of the molecule is CNC=C1C=CC(c2cc3c(C(=O)OC)cccc3[nH]2)=CC1. The maximum atomic E-state index is 11.8. The molecule has 1 aliphatic rings. The van der Waals surface area contributed by atoms with Gasteiger partial charge in [0, 0.05) is 23.6 Å². The Morgan fingerprint density at radius 1 is 1.36 bits per heavy atom. The van der Waals surface area contributed by atoms with Gasteiger partial charge in [0.2, 0.25) is 0 Å². The summed E-state index contributed by atoms with van der Waals surface area (Å²) in [4.78, 5) is 15.2. The van der Waals surface area contributed by atoms with Gasteiger partial charge in [0.05, 0.1) is 12.7 Å². The number of fused-ring (bicyclic) bond motifs is 1. The summed E-state index contributed by atoms with van der Waals surface area (Å²) in [6.07, 6.45) is 9.22. The molecule has 0 amide bonds. The molecule has 2 N–H and O–H groups in total. The molecule has 0 radical (unpaired) electrons. The summed E-state index contributed by atoms with van der Waals surface area (Å²) < 4.78 is 4.84. The molecular weight excluding hydrogens is 276 g/mol. The number of carbonyl (C=O) groups excluding carboxylic acids is 1. The molecule has 1 aromatic heterocycles. The van der Waals surface area contributed by atoms with Crippen LogP contribution in [0.3, 0.4) is 0 Å². The Balaban J connectivity index is 1.99. The van der Waals surface area contributed by atoms with Crippen LogP contribution in [0.4, 0.5) is 0 Å². The number of aromatic nitrogens is 1. The maximum Gasteiger partial charge on any atom is 0.338 e. The molecule has 1 heterocycles. The van der Waals surface area contributed by atoms with Gasteiger partial charge in [0.25, 0.3) is 0 Å². The van der Waals surface area contributed by atoms with Crippen molar-refractivity contribution in [3.05, 3.63) is 65.5 Å². The summed E-state index contributed by atoms with van der Waals surface area (Å²) in [6.45, 7) is 0. The molecule has 22 heavy (non-hydrogen) atoms. The van der Waals surface area contributed by atoms with E-state index >= 15 is 0 Å². The fourth-order valence-electron chi connectivity index (χ4n) is 2.65. The van der Waals surface area contributed by atoms with E-state index in [1.807, 2.05) is 31.4 Å². The van der Waals surface area contributed by atoms with Crippen LogP contribution >= 0.6 is 0 Å². The van der Waals surface area contributed by atoms with E-state index in [1.54, 1.807) is 6.07 Å². The summed E-state index contributed by atoms with van der Waals surface area (Å²) in [5, 5.41) is 3.92. The number of benzene rings is 1. The first-order chi connectivity index (χ1) is 10.7. The molecule has 0 bridgehead atoms. The number of ether oxygens (including phenoxy) is 1. The van der Waals surface area contributed by atoms with Gasteiger partial charge in [0.15, 0.2) is 0 Å². The van der Waals surface area contributed by atoms with Crippen LogP contribution < -0.4 is 5.32 Å². The Kier molecular flexibility index (Phi) is 3.83. The smallest absolute Gasteiger partial charge is 0.338 e. The second-order valence-electron chi connectivity index (χ2n) is 5.15. The normalized spacial score (nSPS) is 15.9. The van der Waals surface area contributed by atoms with Crippen molar-refractivity contribution < 1.29 is 9.53 Å². The number of H-pyrrole nitrogens is 1. The van der Waals surface area contributed by atoms with Crippen molar-refractivity contribution in [2.45, 2.75) is 6.42 Å². The van der Waals surface area contributed by atoms with E-state index in [9.17, 15) is 4.79 Å². The zero-order chi connectivity index (χ0) is 15.5. The number of hydrogen-bond donors (Lipinski definition) is 2. The molecule has 2 aromatic rings. The Hall–Kier alpha value is -2.75. The Bertz CT molecular complexity index is 810. The van der Waals surface area contributed by atoms with Gasteiger partial charge >= 0.3 is 5.97 Å². The Morgan fingerprint density at radius 3 is 2.91 bits per heavy atom. The second-order valence-corrected chi connectivity index (χ2v) is 5.15. The van der Waals surface area contributed by atoms with Crippen LogP contribution in [0.2, 0.25) is 0 Å². The van der Waals surface area contributed by atoms with Gasteiger partial charge in [-0.1, -0.05) is 24.3 Å². The van der Waals surface area contributed by atoms with Crippen molar-refractivity contribution >= 4 is 22.4 Å². The minimum absolute atomic E-state index is 0.316. The van der Waals surface area contributed by atoms with Crippen LogP contribution in [-0.2, 0) is 4.74 Å². The maximum absolute atomic E-state index is 11.8. The summed E-state index contributed by atoms with van der Waals surface area (Å²) in [5.74, 6) is -0.316. The van der Waals surface area contributed by atoms with E-state index in [1.165, 1.54) is 12.7 Å². The highest BCUT2D eigenvalue weighted by atomic mass is 16.5. The van der Waals surface area contributed by atoms with Gasteiger partial charge in [-0.25, -0.2) is 4.79 Å². The molecule has 4 heteroatoms. The van der Waals surface area contributed by atoms with Crippen LogP contribution in [0.1, 0.15) is 22.5 Å². The van der Waals surface area contributed by atoms with Crippen LogP contribution in [0.15, 0.2) is 54.3 Å². The quantitative estimate of drug-likeness (QED) is 0.853. The summed E-state index contributed by atoms with van der Waals surface area (Å²) in [6, 6.07) is 7.60. The number of allylic oxidation sites excluding steroid dienone is 5. The van der Waals surface area contributed by atoms with Gasteiger partial charge < -0.3 is 15.0 Å². The van der Waals surface area contributed by atoms with Crippen LogP contribution in [0, 0.1) is 0 Å². The molecule has 0 aliphatic heterocycles. The topological polar surface area (TPSA) is 54.1 Å². The van der Waals surface area contributed by atoms with Crippen LogP contribution in [0.5, 0.6) is 0 Å². The number of aromatic amines is 1. The number of carbonyl (C=O) groups is 1. The summed E-state index contributed by atoms with van der Waals surface area (Å²) in [5.41, 5.74) is 4.88.